The minimum atomic E-state index is 0.567. The van der Waals surface area contributed by atoms with Crippen LogP contribution < -0.4 is 5.32 Å². The van der Waals surface area contributed by atoms with Gasteiger partial charge in [0, 0.05) is 17.0 Å². The van der Waals surface area contributed by atoms with Crippen LogP contribution in [0.25, 0.3) is 11.3 Å². The number of halogens is 2. The van der Waals surface area contributed by atoms with Crippen molar-refractivity contribution in [2.24, 2.45) is 5.92 Å². The lowest BCUT2D eigenvalue weighted by molar-refractivity contribution is 0.654. The second-order valence-electron chi connectivity index (χ2n) is 5.05. The third kappa shape index (κ3) is 3.66. The summed E-state index contributed by atoms with van der Waals surface area (Å²) < 4.78 is 0. The molecule has 20 heavy (non-hydrogen) atoms. The van der Waals surface area contributed by atoms with Gasteiger partial charge < -0.3 is 5.32 Å². The Hall–Kier alpha value is -0.770. The largest absolute Gasteiger partial charge is 0.362 e. The molecule has 0 aliphatic carbocycles. The normalized spacial score (nSPS) is 11.1. The van der Waals surface area contributed by atoms with E-state index in [2.05, 4.69) is 26.1 Å². The van der Waals surface area contributed by atoms with Gasteiger partial charge in [0.1, 0.15) is 0 Å². The number of thiazole rings is 1. The summed E-state index contributed by atoms with van der Waals surface area (Å²) in [5.41, 5.74) is 2.04. The van der Waals surface area contributed by atoms with Gasteiger partial charge in [0.15, 0.2) is 5.13 Å². The van der Waals surface area contributed by atoms with Gasteiger partial charge in [-0.05, 0) is 31.4 Å². The van der Waals surface area contributed by atoms with Crippen LogP contribution in [0, 0.1) is 5.92 Å². The number of benzene rings is 1. The van der Waals surface area contributed by atoms with E-state index in [1.54, 1.807) is 11.3 Å². The number of nitrogens with zero attached hydrogens (tertiary/aromatic N) is 1. The monoisotopic (exact) mass is 328 g/mol. The molecule has 0 spiro atoms. The molecule has 2 aromatic rings. The highest BCUT2D eigenvalue weighted by molar-refractivity contribution is 7.16. The van der Waals surface area contributed by atoms with Crippen molar-refractivity contribution in [3.63, 3.8) is 0 Å². The van der Waals surface area contributed by atoms with Crippen LogP contribution in [0.4, 0.5) is 5.13 Å². The SMILES string of the molecule is CCNc1nc(-c2ccc(Cl)c(Cl)c2)c(CC(C)C)s1. The Morgan fingerprint density at radius 3 is 2.60 bits per heavy atom. The summed E-state index contributed by atoms with van der Waals surface area (Å²) in [6, 6.07) is 5.69. The summed E-state index contributed by atoms with van der Waals surface area (Å²) in [4.78, 5) is 5.99. The number of rotatable bonds is 5. The molecule has 1 N–H and O–H groups in total. The topological polar surface area (TPSA) is 24.9 Å². The van der Waals surface area contributed by atoms with Crippen LogP contribution >= 0.6 is 34.5 Å². The first kappa shape index (κ1) is 15.6. The Balaban J connectivity index is 2.44. The molecule has 1 aromatic carbocycles. The molecule has 2 nitrogen and oxygen atoms in total. The predicted molar refractivity (Wildman–Crippen MR) is 90.3 cm³/mol. The molecular formula is C15H18Cl2N2S. The highest BCUT2D eigenvalue weighted by Gasteiger charge is 2.15. The zero-order chi connectivity index (χ0) is 14.7. The molecule has 1 aromatic heterocycles. The zero-order valence-corrected chi connectivity index (χ0v) is 14.2. The van der Waals surface area contributed by atoms with Crippen LogP contribution in [0.1, 0.15) is 25.6 Å². The molecule has 0 unspecified atom stereocenters. The minimum Gasteiger partial charge on any atom is -0.362 e. The van der Waals surface area contributed by atoms with E-state index < -0.39 is 0 Å². The molecule has 5 heteroatoms. The third-order valence-electron chi connectivity index (χ3n) is 2.81. The summed E-state index contributed by atoms with van der Waals surface area (Å²) in [6.45, 7) is 7.37. The van der Waals surface area contributed by atoms with Crippen molar-refractivity contribution >= 4 is 39.7 Å². The molecule has 2 rings (SSSR count). The molecule has 0 saturated carbocycles. The van der Waals surface area contributed by atoms with Crippen LogP contribution in [0.3, 0.4) is 0 Å². The fourth-order valence-electron chi connectivity index (χ4n) is 1.96. The van der Waals surface area contributed by atoms with E-state index in [1.807, 2.05) is 18.2 Å². The van der Waals surface area contributed by atoms with Gasteiger partial charge in [-0.3, -0.25) is 0 Å². The number of aromatic nitrogens is 1. The fourth-order valence-corrected chi connectivity index (χ4v) is 3.52. The molecule has 108 valence electrons. The molecule has 0 fully saturated rings. The van der Waals surface area contributed by atoms with E-state index in [0.717, 1.165) is 29.4 Å². The first-order valence-corrected chi connectivity index (χ1v) is 8.27. The maximum Gasteiger partial charge on any atom is 0.183 e. The van der Waals surface area contributed by atoms with Crippen LogP contribution in [0.15, 0.2) is 18.2 Å². The zero-order valence-electron chi connectivity index (χ0n) is 11.8. The van der Waals surface area contributed by atoms with Gasteiger partial charge in [0.2, 0.25) is 0 Å². The first-order chi connectivity index (χ1) is 9.51. The van der Waals surface area contributed by atoms with Crippen molar-refractivity contribution in [2.45, 2.75) is 27.2 Å². The number of hydrogen-bond acceptors (Lipinski definition) is 3. The van der Waals surface area contributed by atoms with Gasteiger partial charge in [-0.2, -0.15) is 0 Å². The maximum absolute atomic E-state index is 6.12. The molecule has 0 amide bonds. The average Bonchev–Trinajstić information content (AvgIpc) is 2.75. The highest BCUT2D eigenvalue weighted by Crippen LogP contribution is 2.35. The Labute approximate surface area is 134 Å². The van der Waals surface area contributed by atoms with Gasteiger partial charge in [-0.15, -0.1) is 11.3 Å². The Morgan fingerprint density at radius 2 is 2.00 bits per heavy atom. The van der Waals surface area contributed by atoms with E-state index >= 15 is 0 Å². The lowest BCUT2D eigenvalue weighted by Gasteiger charge is -2.06. The van der Waals surface area contributed by atoms with Crippen LogP contribution in [-0.4, -0.2) is 11.5 Å². The second-order valence-corrected chi connectivity index (χ2v) is 6.95. The molecule has 0 atom stereocenters. The lowest BCUT2D eigenvalue weighted by atomic mass is 10.0. The smallest absolute Gasteiger partial charge is 0.183 e. The predicted octanol–water partition coefficient (Wildman–Crippen LogP) is 5.75. The van der Waals surface area contributed by atoms with Gasteiger partial charge in [0.05, 0.1) is 15.7 Å². The van der Waals surface area contributed by atoms with Gasteiger partial charge in [0.25, 0.3) is 0 Å². The summed E-state index contributed by atoms with van der Waals surface area (Å²) in [5, 5.41) is 5.39. The number of hydrogen-bond donors (Lipinski definition) is 1. The van der Waals surface area contributed by atoms with Crippen LogP contribution in [0.2, 0.25) is 10.0 Å². The second kappa shape index (κ2) is 6.79. The van der Waals surface area contributed by atoms with Crippen molar-refractivity contribution in [1.82, 2.24) is 4.98 Å². The number of nitrogens with one attached hydrogen (secondary N) is 1. The van der Waals surface area contributed by atoms with Gasteiger partial charge >= 0.3 is 0 Å². The Bertz CT molecular complexity index is 594. The number of anilines is 1. The van der Waals surface area contributed by atoms with Crippen molar-refractivity contribution < 1.29 is 0 Å². The minimum absolute atomic E-state index is 0.567. The van der Waals surface area contributed by atoms with Crippen molar-refractivity contribution in [2.75, 3.05) is 11.9 Å². The summed E-state index contributed by atoms with van der Waals surface area (Å²) in [5.74, 6) is 0.589. The van der Waals surface area contributed by atoms with E-state index in [-0.39, 0.29) is 0 Å². The molecular weight excluding hydrogens is 311 g/mol. The standard InChI is InChI=1S/C15H18Cl2N2S/c1-4-18-15-19-14(13(20-15)7-9(2)3)10-5-6-11(16)12(17)8-10/h5-6,8-9H,4,7H2,1-3H3,(H,18,19). The molecule has 0 saturated heterocycles. The molecule has 0 bridgehead atoms. The quantitative estimate of drug-likeness (QED) is 0.756. The van der Waals surface area contributed by atoms with Crippen molar-refractivity contribution in [3.8, 4) is 11.3 Å². The maximum atomic E-state index is 6.12. The highest BCUT2D eigenvalue weighted by atomic mass is 35.5. The van der Waals surface area contributed by atoms with Crippen LogP contribution in [0.5, 0.6) is 0 Å². The third-order valence-corrected chi connectivity index (χ3v) is 4.59. The molecule has 0 radical (unpaired) electrons. The first-order valence-electron chi connectivity index (χ1n) is 6.70. The molecule has 0 aliphatic heterocycles. The average molecular weight is 329 g/mol. The lowest BCUT2D eigenvalue weighted by Crippen LogP contribution is -1.95. The Morgan fingerprint density at radius 1 is 1.25 bits per heavy atom. The van der Waals surface area contributed by atoms with Crippen molar-refractivity contribution in [1.29, 1.82) is 0 Å². The summed E-state index contributed by atoms with van der Waals surface area (Å²) in [6.07, 6.45) is 1.01. The van der Waals surface area contributed by atoms with E-state index in [0.29, 0.717) is 16.0 Å². The van der Waals surface area contributed by atoms with E-state index in [4.69, 9.17) is 28.2 Å². The van der Waals surface area contributed by atoms with E-state index in [1.165, 1.54) is 4.88 Å². The van der Waals surface area contributed by atoms with Crippen molar-refractivity contribution in [3.05, 3.63) is 33.1 Å². The van der Waals surface area contributed by atoms with Crippen LogP contribution in [-0.2, 0) is 6.42 Å². The Kier molecular flexibility index (Phi) is 5.30. The van der Waals surface area contributed by atoms with Gasteiger partial charge in [-0.25, -0.2) is 4.98 Å². The fraction of sp³-hybridized carbons (Fsp3) is 0.400. The molecule has 1 heterocycles. The summed E-state index contributed by atoms with van der Waals surface area (Å²) >= 11 is 13.8. The van der Waals surface area contributed by atoms with Gasteiger partial charge in [-0.1, -0.05) is 43.1 Å². The summed E-state index contributed by atoms with van der Waals surface area (Å²) in [7, 11) is 0. The van der Waals surface area contributed by atoms with E-state index in [9.17, 15) is 0 Å². The molecule has 0 aliphatic rings.